The molecule has 0 radical (unpaired) electrons. The number of rotatable bonds is 5. The fraction of sp³-hybridized carbons (Fsp3) is 0.571. The summed E-state index contributed by atoms with van der Waals surface area (Å²) in [6, 6.07) is 0. The number of carboxylic acid groups (broad SMARTS) is 1. The van der Waals surface area contributed by atoms with Gasteiger partial charge >= 0.3 is 5.97 Å². The quantitative estimate of drug-likeness (QED) is 0.183. The predicted molar refractivity (Wildman–Crippen MR) is 83.1 cm³/mol. The molecule has 0 bridgehead atoms. The molecule has 12 nitrogen and oxygen atoms in total. The van der Waals surface area contributed by atoms with Crippen LogP contribution in [0.1, 0.15) is 0 Å². The zero-order chi connectivity index (χ0) is 19.5. The van der Waals surface area contributed by atoms with Crippen LogP contribution < -0.4 is 5.32 Å². The molecular formula is C14H17N3O9. The number of aliphatic carboxylic acids is 1. The third kappa shape index (κ3) is 3.44. The van der Waals surface area contributed by atoms with Crippen molar-refractivity contribution in [2.24, 2.45) is 9.98 Å². The molecule has 26 heavy (non-hydrogen) atoms. The first kappa shape index (κ1) is 19.9. The Balaban J connectivity index is 2.25. The van der Waals surface area contributed by atoms with Gasteiger partial charge in [-0.2, -0.15) is 0 Å². The van der Waals surface area contributed by atoms with Gasteiger partial charge in [-0.3, -0.25) is 4.79 Å². The number of nitrogens with one attached hydrogen (secondary N) is 1. The molecule has 0 aromatic heterocycles. The number of hydrogen-bond donors (Lipinski definition) is 7. The number of carbonyl (C=O) groups excluding carboxylic acids is 1. The standard InChI is InChI=1S/C14H17N3O9/c18-3-6(20)1-2-8-14(13(24)25,16-5-15-8)12(23)17-11-10(22)9(21)7(4-19)26-11/h5-7,9-11,18-22H,3-4H2,(H,17,23)(H,24,25)/t6?,7-,9-,10-,11-,14?/m1/s1. The first-order valence-electron chi connectivity index (χ1n) is 7.37. The van der Waals surface area contributed by atoms with Crippen LogP contribution in [0.25, 0.3) is 0 Å². The second-order valence-corrected chi connectivity index (χ2v) is 5.44. The van der Waals surface area contributed by atoms with Crippen molar-refractivity contribution in [3.63, 3.8) is 0 Å². The number of carbonyl (C=O) groups is 2. The van der Waals surface area contributed by atoms with Crippen LogP contribution in [0.3, 0.4) is 0 Å². The Hall–Kier alpha value is -2.40. The molecular weight excluding hydrogens is 354 g/mol. The summed E-state index contributed by atoms with van der Waals surface area (Å²) < 4.78 is 5.07. The van der Waals surface area contributed by atoms with Crippen molar-refractivity contribution in [1.29, 1.82) is 0 Å². The lowest BCUT2D eigenvalue weighted by atomic mass is 9.93. The van der Waals surface area contributed by atoms with E-state index in [0.29, 0.717) is 0 Å². The van der Waals surface area contributed by atoms with Gasteiger partial charge in [-0.15, -0.1) is 0 Å². The average Bonchev–Trinajstić information content (AvgIpc) is 3.16. The number of aliphatic hydroxyl groups is 5. The van der Waals surface area contributed by atoms with Crippen LogP contribution in [0.4, 0.5) is 0 Å². The molecule has 2 aliphatic heterocycles. The number of nitrogens with zero attached hydrogens (tertiary/aromatic N) is 2. The van der Waals surface area contributed by atoms with Crippen molar-refractivity contribution >= 4 is 23.9 Å². The molecule has 2 heterocycles. The molecule has 0 aromatic rings. The summed E-state index contributed by atoms with van der Waals surface area (Å²) in [6.45, 7) is -1.35. The number of amides is 1. The summed E-state index contributed by atoms with van der Waals surface area (Å²) >= 11 is 0. The zero-order valence-corrected chi connectivity index (χ0v) is 13.2. The van der Waals surface area contributed by atoms with Gasteiger partial charge in [0.1, 0.15) is 36.5 Å². The van der Waals surface area contributed by atoms with E-state index in [4.69, 9.17) is 14.9 Å². The molecule has 0 spiro atoms. The van der Waals surface area contributed by atoms with Gasteiger partial charge in [-0.1, -0.05) is 5.92 Å². The fourth-order valence-corrected chi connectivity index (χ4v) is 2.32. The second-order valence-electron chi connectivity index (χ2n) is 5.44. The molecule has 2 aliphatic rings. The van der Waals surface area contributed by atoms with Crippen molar-refractivity contribution in [2.75, 3.05) is 13.2 Å². The van der Waals surface area contributed by atoms with Crippen LogP contribution in [0, 0.1) is 11.8 Å². The number of carboxylic acids is 1. The van der Waals surface area contributed by atoms with Crippen LogP contribution in [-0.2, 0) is 14.3 Å². The first-order valence-corrected chi connectivity index (χ1v) is 7.37. The minimum Gasteiger partial charge on any atom is -0.479 e. The third-order valence-electron chi connectivity index (χ3n) is 3.76. The Morgan fingerprint density at radius 1 is 1.35 bits per heavy atom. The second kappa shape index (κ2) is 7.87. The van der Waals surface area contributed by atoms with E-state index in [0.717, 1.165) is 6.34 Å². The average molecular weight is 371 g/mol. The van der Waals surface area contributed by atoms with Crippen molar-refractivity contribution in [1.82, 2.24) is 5.32 Å². The van der Waals surface area contributed by atoms with E-state index in [9.17, 15) is 30.0 Å². The van der Waals surface area contributed by atoms with E-state index in [1.807, 2.05) is 0 Å². The van der Waals surface area contributed by atoms with Crippen molar-refractivity contribution in [3.8, 4) is 11.8 Å². The summed E-state index contributed by atoms with van der Waals surface area (Å²) in [5.74, 6) is 1.30. The molecule has 12 heteroatoms. The molecule has 6 atom stereocenters. The van der Waals surface area contributed by atoms with E-state index >= 15 is 0 Å². The minimum absolute atomic E-state index is 0.526. The number of aliphatic imine (C=N–C) groups is 2. The van der Waals surface area contributed by atoms with Crippen molar-refractivity contribution in [3.05, 3.63) is 0 Å². The van der Waals surface area contributed by atoms with Gasteiger partial charge in [-0.05, 0) is 5.92 Å². The molecule has 0 aromatic carbocycles. The maximum absolute atomic E-state index is 12.5. The van der Waals surface area contributed by atoms with E-state index in [2.05, 4.69) is 27.1 Å². The summed E-state index contributed by atoms with van der Waals surface area (Å²) in [5.41, 5.74) is -3.12. The van der Waals surface area contributed by atoms with Crippen LogP contribution in [-0.4, -0.2) is 104 Å². The van der Waals surface area contributed by atoms with Gasteiger partial charge < -0.3 is 40.7 Å². The molecule has 7 N–H and O–H groups in total. The lowest BCUT2D eigenvalue weighted by Crippen LogP contribution is -2.59. The Labute approximate surface area is 146 Å². The Morgan fingerprint density at radius 3 is 2.58 bits per heavy atom. The summed E-state index contributed by atoms with van der Waals surface area (Å²) in [4.78, 5) is 31.4. The van der Waals surface area contributed by atoms with Crippen LogP contribution in [0.5, 0.6) is 0 Å². The number of aliphatic hydroxyl groups excluding tert-OH is 5. The molecule has 2 rings (SSSR count). The topological polar surface area (TPSA) is 202 Å². The van der Waals surface area contributed by atoms with Gasteiger partial charge in [0.15, 0.2) is 6.23 Å². The largest absolute Gasteiger partial charge is 0.479 e. The van der Waals surface area contributed by atoms with E-state index in [1.54, 1.807) is 0 Å². The highest BCUT2D eigenvalue weighted by Gasteiger charge is 2.55. The highest BCUT2D eigenvalue weighted by atomic mass is 16.6. The maximum Gasteiger partial charge on any atom is 0.348 e. The molecule has 1 amide bonds. The lowest BCUT2D eigenvalue weighted by Gasteiger charge is -2.23. The van der Waals surface area contributed by atoms with E-state index in [1.165, 1.54) is 0 Å². The monoisotopic (exact) mass is 371 g/mol. The minimum atomic E-state index is -2.59. The fourth-order valence-electron chi connectivity index (χ4n) is 2.32. The van der Waals surface area contributed by atoms with Gasteiger partial charge in [0.25, 0.3) is 11.4 Å². The lowest BCUT2D eigenvalue weighted by molar-refractivity contribution is -0.147. The normalized spacial score (nSPS) is 34.0. The molecule has 0 aliphatic carbocycles. The van der Waals surface area contributed by atoms with Crippen molar-refractivity contribution in [2.45, 2.75) is 36.2 Å². The van der Waals surface area contributed by atoms with Gasteiger partial charge in [0.2, 0.25) is 0 Å². The number of hydrogen-bond acceptors (Lipinski definition) is 10. The van der Waals surface area contributed by atoms with E-state index in [-0.39, 0.29) is 0 Å². The van der Waals surface area contributed by atoms with Gasteiger partial charge in [-0.25, -0.2) is 14.8 Å². The van der Waals surface area contributed by atoms with Crippen LogP contribution in [0.2, 0.25) is 0 Å². The molecule has 2 unspecified atom stereocenters. The molecule has 1 fully saturated rings. The Bertz CT molecular complexity index is 698. The van der Waals surface area contributed by atoms with E-state index < -0.39 is 67.0 Å². The molecule has 1 saturated heterocycles. The van der Waals surface area contributed by atoms with Gasteiger partial charge in [0.05, 0.1) is 13.2 Å². The molecule has 142 valence electrons. The summed E-state index contributed by atoms with van der Waals surface area (Å²) in [6.07, 6.45) is -6.47. The zero-order valence-electron chi connectivity index (χ0n) is 13.2. The highest BCUT2D eigenvalue weighted by molar-refractivity contribution is 6.36. The number of ether oxygens (including phenoxy) is 1. The van der Waals surface area contributed by atoms with Crippen molar-refractivity contribution < 1.29 is 45.0 Å². The van der Waals surface area contributed by atoms with Gasteiger partial charge in [0, 0.05) is 0 Å². The summed E-state index contributed by atoms with van der Waals surface area (Å²) in [5, 5.41) is 58.1. The Kier molecular flexibility index (Phi) is 6.03. The third-order valence-corrected chi connectivity index (χ3v) is 3.76. The predicted octanol–water partition coefficient (Wildman–Crippen LogP) is -4.80. The SMILES string of the molecule is O=C(O)C1(C(=O)N[C@@H]2O[C@H](CO)[C@@H](O)[C@H]2O)N=CN=C1C#CC(O)CO. The smallest absolute Gasteiger partial charge is 0.348 e. The maximum atomic E-state index is 12.5. The van der Waals surface area contributed by atoms with Crippen LogP contribution in [0.15, 0.2) is 9.98 Å². The highest BCUT2D eigenvalue weighted by Crippen LogP contribution is 2.23. The van der Waals surface area contributed by atoms with Crippen LogP contribution >= 0.6 is 0 Å². The Morgan fingerprint density at radius 2 is 2.04 bits per heavy atom. The molecule has 0 saturated carbocycles. The summed E-state index contributed by atoms with van der Waals surface area (Å²) in [7, 11) is 0. The first-order chi connectivity index (χ1) is 12.3.